The largest absolute Gasteiger partial charge is 0.484 e. The third-order valence-corrected chi connectivity index (χ3v) is 5.26. The number of hydrogen-bond acceptors (Lipinski definition) is 6. The van der Waals surface area contributed by atoms with Crippen LogP contribution in [0.25, 0.3) is 22.3 Å². The van der Waals surface area contributed by atoms with Gasteiger partial charge in [-0.1, -0.05) is 84.9 Å². The van der Waals surface area contributed by atoms with Crippen molar-refractivity contribution in [3.63, 3.8) is 0 Å². The van der Waals surface area contributed by atoms with Crippen LogP contribution in [-0.2, 0) is 9.59 Å². The van der Waals surface area contributed by atoms with Crippen molar-refractivity contribution in [3.8, 4) is 33.8 Å². The number of nitrogens with one attached hydrogen (secondary N) is 2. The molecule has 0 aliphatic heterocycles. The van der Waals surface area contributed by atoms with Gasteiger partial charge in [0.25, 0.3) is 11.8 Å². The predicted octanol–water partition coefficient (Wildman–Crippen LogP) is 4.68. The van der Waals surface area contributed by atoms with Crippen LogP contribution in [0.15, 0.2) is 119 Å². The molecule has 8 nitrogen and oxygen atoms in total. The highest BCUT2D eigenvalue weighted by molar-refractivity contribution is 6.16. The van der Waals surface area contributed by atoms with Crippen molar-refractivity contribution in [1.82, 2.24) is 10.9 Å². The lowest BCUT2D eigenvalue weighted by molar-refractivity contribution is -0.123. The molecule has 0 atom stereocenters. The van der Waals surface area contributed by atoms with Crippen LogP contribution in [0.4, 0.5) is 0 Å². The quantitative estimate of drug-likeness (QED) is 0.228. The molecule has 0 fully saturated rings. The summed E-state index contributed by atoms with van der Waals surface area (Å²) in [6, 6.07) is 34.9. The van der Waals surface area contributed by atoms with Gasteiger partial charge in [0.1, 0.15) is 11.5 Å². The number of carbonyl (C=O) groups is 2. The summed E-state index contributed by atoms with van der Waals surface area (Å²) in [5.74, 6) is 0.278. The zero-order chi connectivity index (χ0) is 26.4. The van der Waals surface area contributed by atoms with Gasteiger partial charge >= 0.3 is 0 Å². The van der Waals surface area contributed by atoms with Crippen LogP contribution in [0, 0.1) is 0 Å². The molecule has 38 heavy (non-hydrogen) atoms. The van der Waals surface area contributed by atoms with Crippen molar-refractivity contribution >= 4 is 24.2 Å². The van der Waals surface area contributed by atoms with Gasteiger partial charge in [-0.15, -0.1) is 0 Å². The highest BCUT2D eigenvalue weighted by Gasteiger charge is 2.04. The fourth-order valence-corrected chi connectivity index (χ4v) is 3.40. The summed E-state index contributed by atoms with van der Waals surface area (Å²) in [7, 11) is 0. The van der Waals surface area contributed by atoms with Crippen LogP contribution in [-0.4, -0.2) is 37.5 Å². The van der Waals surface area contributed by atoms with E-state index in [-0.39, 0.29) is 13.2 Å². The van der Waals surface area contributed by atoms with Gasteiger partial charge in [0, 0.05) is 0 Å². The number of rotatable bonds is 11. The Labute approximate surface area is 220 Å². The summed E-state index contributed by atoms with van der Waals surface area (Å²) in [6.45, 7) is -0.390. The molecule has 0 unspecified atom stereocenters. The van der Waals surface area contributed by atoms with Gasteiger partial charge in [-0.25, -0.2) is 10.9 Å². The topological polar surface area (TPSA) is 101 Å². The maximum absolute atomic E-state index is 11.9. The molecule has 0 bridgehead atoms. The summed E-state index contributed by atoms with van der Waals surface area (Å²) in [5.41, 5.74) is 8.96. The minimum Gasteiger partial charge on any atom is -0.484 e. The first-order valence-corrected chi connectivity index (χ1v) is 11.9. The van der Waals surface area contributed by atoms with Gasteiger partial charge in [0.15, 0.2) is 13.2 Å². The fraction of sp³-hybridized carbons (Fsp3) is 0.0667. The minimum atomic E-state index is -0.433. The van der Waals surface area contributed by atoms with E-state index in [9.17, 15) is 9.59 Å². The van der Waals surface area contributed by atoms with E-state index in [0.717, 1.165) is 22.3 Å². The molecule has 0 aliphatic carbocycles. The third kappa shape index (κ3) is 8.17. The fourth-order valence-electron chi connectivity index (χ4n) is 3.40. The molecule has 4 rings (SSSR count). The van der Waals surface area contributed by atoms with Crippen LogP contribution in [0.2, 0.25) is 0 Å². The highest BCUT2D eigenvalue weighted by Crippen LogP contribution is 2.23. The van der Waals surface area contributed by atoms with Gasteiger partial charge < -0.3 is 9.47 Å². The molecule has 190 valence electrons. The number of hydrogen-bond donors (Lipinski definition) is 2. The van der Waals surface area contributed by atoms with E-state index in [2.05, 4.69) is 21.1 Å². The Morgan fingerprint density at radius 1 is 0.526 bits per heavy atom. The standard InChI is InChI=1S/C30H26N4O4/c35-29(21-37-27-15-11-25(12-16-27)23-7-3-1-4-8-23)33-31-19-20-32-34-30(36)22-38-28-17-13-26(14-18-28)24-9-5-2-6-10-24/h1-20H,21-22H2,(H,33,35)(H,34,36)/b31-19-,32-20+. The molecule has 0 spiro atoms. The van der Waals surface area contributed by atoms with E-state index < -0.39 is 11.8 Å². The van der Waals surface area contributed by atoms with Crippen molar-refractivity contribution in [3.05, 3.63) is 109 Å². The average Bonchev–Trinajstić information content (AvgIpc) is 2.98. The Hall–Kier alpha value is -5.24. The number of ether oxygens (including phenoxy) is 2. The van der Waals surface area contributed by atoms with Gasteiger partial charge in [0.2, 0.25) is 0 Å². The molecule has 0 saturated carbocycles. The average molecular weight is 507 g/mol. The lowest BCUT2D eigenvalue weighted by Crippen LogP contribution is -2.25. The second kappa shape index (κ2) is 13.7. The molecule has 4 aromatic carbocycles. The summed E-state index contributed by atoms with van der Waals surface area (Å²) in [5, 5.41) is 7.45. The van der Waals surface area contributed by atoms with E-state index in [1.54, 1.807) is 24.3 Å². The van der Waals surface area contributed by atoms with Crippen LogP contribution < -0.4 is 20.3 Å². The smallest absolute Gasteiger partial charge is 0.277 e. The zero-order valence-corrected chi connectivity index (χ0v) is 20.5. The van der Waals surface area contributed by atoms with Crippen molar-refractivity contribution in [1.29, 1.82) is 0 Å². The van der Waals surface area contributed by atoms with Crippen molar-refractivity contribution in [2.75, 3.05) is 13.2 Å². The van der Waals surface area contributed by atoms with E-state index >= 15 is 0 Å². The van der Waals surface area contributed by atoms with E-state index in [1.165, 1.54) is 12.4 Å². The molecular weight excluding hydrogens is 480 g/mol. The van der Waals surface area contributed by atoms with Gasteiger partial charge in [-0.05, 0) is 46.5 Å². The zero-order valence-electron chi connectivity index (χ0n) is 20.5. The maximum Gasteiger partial charge on any atom is 0.277 e. The van der Waals surface area contributed by atoms with Crippen molar-refractivity contribution < 1.29 is 19.1 Å². The molecule has 0 saturated heterocycles. The first-order chi connectivity index (χ1) is 18.7. The third-order valence-electron chi connectivity index (χ3n) is 5.26. The summed E-state index contributed by atoms with van der Waals surface area (Å²) in [6.07, 6.45) is 2.46. The van der Waals surface area contributed by atoms with Crippen molar-refractivity contribution in [2.24, 2.45) is 10.2 Å². The van der Waals surface area contributed by atoms with Crippen molar-refractivity contribution in [2.45, 2.75) is 0 Å². The SMILES string of the molecule is O=C(COc1ccc(-c2ccccc2)cc1)N/N=C\C=N\NC(=O)COc1ccc(-c2ccccc2)cc1. The van der Waals surface area contributed by atoms with Crippen LogP contribution in [0.5, 0.6) is 11.5 Å². The summed E-state index contributed by atoms with van der Waals surface area (Å²) >= 11 is 0. The Kier molecular flexibility index (Phi) is 9.35. The van der Waals surface area contributed by atoms with Crippen LogP contribution in [0.1, 0.15) is 0 Å². The summed E-state index contributed by atoms with van der Waals surface area (Å²) < 4.78 is 10.9. The highest BCUT2D eigenvalue weighted by atomic mass is 16.5. The van der Waals surface area contributed by atoms with E-state index in [0.29, 0.717) is 11.5 Å². The lowest BCUT2D eigenvalue weighted by atomic mass is 10.1. The van der Waals surface area contributed by atoms with Crippen LogP contribution in [0.3, 0.4) is 0 Å². The predicted molar refractivity (Wildman–Crippen MR) is 148 cm³/mol. The van der Waals surface area contributed by atoms with E-state index in [4.69, 9.17) is 9.47 Å². The monoisotopic (exact) mass is 506 g/mol. The second-order valence-electron chi connectivity index (χ2n) is 7.98. The normalized spacial score (nSPS) is 10.8. The second-order valence-corrected chi connectivity index (χ2v) is 7.98. The Balaban J connectivity index is 1.10. The molecule has 8 heteroatoms. The molecule has 0 aliphatic rings. The number of benzene rings is 4. The van der Waals surface area contributed by atoms with E-state index in [1.807, 2.05) is 84.9 Å². The Bertz CT molecular complexity index is 1260. The molecule has 2 amide bonds. The molecule has 0 radical (unpaired) electrons. The van der Waals surface area contributed by atoms with Gasteiger partial charge in [0.05, 0.1) is 12.4 Å². The molecule has 2 N–H and O–H groups in total. The minimum absolute atomic E-state index is 0.195. The van der Waals surface area contributed by atoms with Gasteiger partial charge in [-0.2, -0.15) is 10.2 Å². The number of nitrogens with zero attached hydrogens (tertiary/aromatic N) is 2. The molecule has 4 aromatic rings. The van der Waals surface area contributed by atoms with Crippen LogP contribution >= 0.6 is 0 Å². The molecule has 0 aromatic heterocycles. The number of amides is 2. The first-order valence-electron chi connectivity index (χ1n) is 11.9. The Morgan fingerprint density at radius 2 is 0.868 bits per heavy atom. The number of hydrazone groups is 2. The number of carbonyl (C=O) groups excluding carboxylic acids is 2. The summed E-state index contributed by atoms with van der Waals surface area (Å²) in [4.78, 5) is 23.8. The Morgan fingerprint density at radius 3 is 1.24 bits per heavy atom. The van der Waals surface area contributed by atoms with Gasteiger partial charge in [-0.3, -0.25) is 9.59 Å². The first kappa shape index (κ1) is 25.8. The molecule has 0 heterocycles. The maximum atomic E-state index is 11.9. The molecular formula is C30H26N4O4. The lowest BCUT2D eigenvalue weighted by Gasteiger charge is -2.06.